The highest BCUT2D eigenvalue weighted by Crippen LogP contribution is 2.34. The molecule has 0 aliphatic carbocycles. The van der Waals surface area contributed by atoms with Gasteiger partial charge in [-0.15, -0.1) is 0 Å². The van der Waals surface area contributed by atoms with E-state index in [2.05, 4.69) is 11.5 Å². The number of benzene rings is 1. The number of carbonyl (C=O) groups is 1. The number of halogens is 1. The molecule has 0 aliphatic heterocycles. The second-order valence-electron chi connectivity index (χ2n) is 4.30. The molecule has 0 saturated carbocycles. The number of hydrogen-bond donors (Lipinski definition) is 0. The lowest BCUT2D eigenvalue weighted by molar-refractivity contribution is 0.112. The third-order valence-corrected chi connectivity index (χ3v) is 3.50. The van der Waals surface area contributed by atoms with Crippen molar-refractivity contribution in [2.75, 3.05) is 0 Å². The largest absolute Gasteiger partial charge is 0.343 e. The molecule has 94 valence electrons. The van der Waals surface area contributed by atoms with Crippen molar-refractivity contribution in [3.8, 4) is 11.3 Å². The Balaban J connectivity index is 2.69. The average Bonchev–Trinajstić information content (AvgIpc) is 2.62. The number of carbonyl (C=O) groups excluding carboxylic acids is 1. The van der Waals surface area contributed by atoms with Gasteiger partial charge in [-0.3, -0.25) is 4.79 Å². The van der Waals surface area contributed by atoms with E-state index in [0.717, 1.165) is 36.2 Å². The van der Waals surface area contributed by atoms with Crippen LogP contribution in [-0.4, -0.2) is 10.9 Å². The van der Waals surface area contributed by atoms with Crippen molar-refractivity contribution in [2.45, 2.75) is 26.8 Å². The first-order valence-corrected chi connectivity index (χ1v) is 6.47. The Morgan fingerprint density at radius 3 is 2.50 bits per heavy atom. The first-order valence-electron chi connectivity index (χ1n) is 6.09. The zero-order valence-electron chi connectivity index (χ0n) is 10.6. The normalized spacial score (nSPS) is 10.6. The molecule has 1 aromatic carbocycles. The Bertz CT molecular complexity index is 558. The monoisotopic (exact) mass is 261 g/mol. The Morgan fingerprint density at radius 1 is 1.28 bits per heavy atom. The average molecular weight is 262 g/mol. The molecule has 0 fully saturated rings. The van der Waals surface area contributed by atoms with Crippen LogP contribution >= 0.6 is 11.6 Å². The van der Waals surface area contributed by atoms with Gasteiger partial charge in [-0.2, -0.15) is 0 Å². The van der Waals surface area contributed by atoms with Gasteiger partial charge in [-0.05, 0) is 18.9 Å². The molecule has 0 N–H and O–H groups in total. The molecule has 1 aromatic heterocycles. The summed E-state index contributed by atoms with van der Waals surface area (Å²) in [7, 11) is 0. The van der Waals surface area contributed by atoms with E-state index >= 15 is 0 Å². The van der Waals surface area contributed by atoms with Gasteiger partial charge in [0, 0.05) is 12.2 Å². The summed E-state index contributed by atoms with van der Waals surface area (Å²) in [4.78, 5) is 11.2. The molecule has 2 aromatic rings. The van der Waals surface area contributed by atoms with Crippen LogP contribution in [0.15, 0.2) is 30.3 Å². The van der Waals surface area contributed by atoms with Crippen molar-refractivity contribution < 1.29 is 4.79 Å². The fourth-order valence-electron chi connectivity index (χ4n) is 2.24. The lowest BCUT2D eigenvalue weighted by Gasteiger charge is -2.10. The molecule has 18 heavy (non-hydrogen) atoms. The van der Waals surface area contributed by atoms with Crippen LogP contribution < -0.4 is 0 Å². The smallest absolute Gasteiger partial charge is 0.153 e. The molecule has 0 bridgehead atoms. The van der Waals surface area contributed by atoms with Gasteiger partial charge in [0.2, 0.25) is 0 Å². The van der Waals surface area contributed by atoms with E-state index in [0.29, 0.717) is 10.6 Å². The highest BCUT2D eigenvalue weighted by Gasteiger charge is 2.19. The van der Waals surface area contributed by atoms with Crippen molar-refractivity contribution in [3.05, 3.63) is 46.6 Å². The minimum Gasteiger partial charge on any atom is -0.343 e. The maximum absolute atomic E-state index is 11.2. The van der Waals surface area contributed by atoms with Crippen LogP contribution in [0.3, 0.4) is 0 Å². The van der Waals surface area contributed by atoms with Gasteiger partial charge in [0.25, 0.3) is 0 Å². The van der Waals surface area contributed by atoms with E-state index in [9.17, 15) is 4.79 Å². The molecule has 0 amide bonds. The minimum atomic E-state index is 0.558. The van der Waals surface area contributed by atoms with Crippen LogP contribution in [0, 0.1) is 6.92 Å². The van der Waals surface area contributed by atoms with Crippen LogP contribution in [0.2, 0.25) is 5.02 Å². The summed E-state index contributed by atoms with van der Waals surface area (Å²) in [5.41, 5.74) is 3.53. The molecule has 0 saturated heterocycles. The predicted octanol–water partition coefficient (Wildman–Crippen LogP) is 4.34. The van der Waals surface area contributed by atoms with E-state index in [1.807, 2.05) is 37.3 Å². The Morgan fingerprint density at radius 2 is 1.94 bits per heavy atom. The highest BCUT2D eigenvalue weighted by molar-refractivity contribution is 6.35. The fourth-order valence-corrected chi connectivity index (χ4v) is 2.63. The van der Waals surface area contributed by atoms with Crippen LogP contribution in [0.5, 0.6) is 0 Å². The summed E-state index contributed by atoms with van der Waals surface area (Å²) < 4.78 is 2.13. The highest BCUT2D eigenvalue weighted by atomic mass is 35.5. The predicted molar refractivity (Wildman–Crippen MR) is 75.3 cm³/mol. The van der Waals surface area contributed by atoms with Crippen molar-refractivity contribution in [2.24, 2.45) is 0 Å². The van der Waals surface area contributed by atoms with E-state index in [-0.39, 0.29) is 0 Å². The van der Waals surface area contributed by atoms with E-state index < -0.39 is 0 Å². The van der Waals surface area contributed by atoms with E-state index in [4.69, 9.17) is 11.6 Å². The Hall–Kier alpha value is -1.54. The van der Waals surface area contributed by atoms with Gasteiger partial charge in [0.05, 0.1) is 16.3 Å². The van der Waals surface area contributed by atoms with Crippen LogP contribution in [0.25, 0.3) is 11.3 Å². The molecule has 2 rings (SSSR count). The van der Waals surface area contributed by atoms with E-state index in [1.165, 1.54) is 0 Å². The van der Waals surface area contributed by atoms with Crippen LogP contribution in [0.1, 0.15) is 29.4 Å². The first-order chi connectivity index (χ1) is 8.70. The van der Waals surface area contributed by atoms with Crippen molar-refractivity contribution in [1.29, 1.82) is 0 Å². The standard InChI is InChI=1S/C15H16ClNO/c1-3-9-17-11(2)13(10-18)14(16)15(17)12-7-5-4-6-8-12/h4-8,10H,3,9H2,1-2H3. The molecular formula is C15H16ClNO. The molecule has 2 nitrogen and oxygen atoms in total. The third-order valence-electron chi connectivity index (χ3n) is 3.12. The second-order valence-corrected chi connectivity index (χ2v) is 4.68. The van der Waals surface area contributed by atoms with Gasteiger partial charge in [0.15, 0.2) is 6.29 Å². The van der Waals surface area contributed by atoms with Gasteiger partial charge < -0.3 is 4.57 Å². The van der Waals surface area contributed by atoms with Gasteiger partial charge in [-0.25, -0.2) is 0 Å². The molecule has 0 spiro atoms. The topological polar surface area (TPSA) is 22.0 Å². The lowest BCUT2D eigenvalue weighted by Crippen LogP contribution is -2.02. The molecule has 1 heterocycles. The summed E-state index contributed by atoms with van der Waals surface area (Å²) in [5, 5.41) is 0.558. The van der Waals surface area contributed by atoms with Gasteiger partial charge in [-0.1, -0.05) is 48.9 Å². The minimum absolute atomic E-state index is 0.558. The summed E-state index contributed by atoms with van der Waals surface area (Å²) >= 11 is 6.35. The van der Waals surface area contributed by atoms with Crippen LogP contribution in [0.4, 0.5) is 0 Å². The fraction of sp³-hybridized carbons (Fsp3) is 0.267. The number of nitrogens with zero attached hydrogens (tertiary/aromatic N) is 1. The van der Waals surface area contributed by atoms with Crippen molar-refractivity contribution >= 4 is 17.9 Å². The summed E-state index contributed by atoms with van der Waals surface area (Å²) in [5.74, 6) is 0. The molecule has 0 radical (unpaired) electrons. The number of rotatable bonds is 4. The summed E-state index contributed by atoms with van der Waals surface area (Å²) in [6.07, 6.45) is 1.85. The molecule has 0 atom stereocenters. The first kappa shape index (κ1) is 12.9. The van der Waals surface area contributed by atoms with Crippen molar-refractivity contribution in [3.63, 3.8) is 0 Å². The molecular weight excluding hydrogens is 246 g/mol. The zero-order chi connectivity index (χ0) is 13.1. The van der Waals surface area contributed by atoms with E-state index in [1.54, 1.807) is 0 Å². The number of aldehydes is 1. The third kappa shape index (κ3) is 2.08. The summed E-state index contributed by atoms with van der Waals surface area (Å²) in [6, 6.07) is 9.95. The molecule has 0 unspecified atom stereocenters. The molecule has 3 heteroatoms. The summed E-state index contributed by atoms with van der Waals surface area (Å²) in [6.45, 7) is 4.92. The maximum Gasteiger partial charge on any atom is 0.153 e. The zero-order valence-corrected chi connectivity index (χ0v) is 11.4. The lowest BCUT2D eigenvalue weighted by atomic mass is 10.1. The Labute approximate surface area is 112 Å². The quantitative estimate of drug-likeness (QED) is 0.751. The number of aromatic nitrogens is 1. The molecule has 0 aliphatic rings. The van der Waals surface area contributed by atoms with Crippen LogP contribution in [-0.2, 0) is 6.54 Å². The SMILES string of the molecule is CCCn1c(C)c(C=O)c(Cl)c1-c1ccccc1. The van der Waals surface area contributed by atoms with Crippen molar-refractivity contribution in [1.82, 2.24) is 4.57 Å². The van der Waals surface area contributed by atoms with Gasteiger partial charge in [0.1, 0.15) is 0 Å². The second kappa shape index (κ2) is 5.40. The van der Waals surface area contributed by atoms with Gasteiger partial charge >= 0.3 is 0 Å². The Kier molecular flexibility index (Phi) is 3.87. The maximum atomic E-state index is 11.2. The number of hydrogen-bond acceptors (Lipinski definition) is 1.